The highest BCUT2D eigenvalue weighted by Crippen LogP contribution is 2.66. The molecule has 4 rings (SSSR count). The van der Waals surface area contributed by atoms with E-state index in [2.05, 4.69) is 13.8 Å². The second kappa shape index (κ2) is 6.36. The van der Waals surface area contributed by atoms with E-state index in [0.717, 1.165) is 37.5 Å². The number of rotatable bonds is 3. The minimum Gasteiger partial charge on any atom is -0.300 e. The van der Waals surface area contributed by atoms with Crippen molar-refractivity contribution in [3.8, 4) is 0 Å². The van der Waals surface area contributed by atoms with E-state index >= 15 is 0 Å². The molecule has 0 N–H and O–H groups in total. The Labute approximate surface area is 167 Å². The Morgan fingerprint density at radius 3 is 2.54 bits per heavy atom. The Morgan fingerprint density at radius 1 is 1.18 bits per heavy atom. The number of ketones is 2. The first kappa shape index (κ1) is 20.0. The summed E-state index contributed by atoms with van der Waals surface area (Å²) in [6.07, 6.45) is 10.3. The summed E-state index contributed by atoms with van der Waals surface area (Å²) < 4.78 is 29.9. The van der Waals surface area contributed by atoms with Gasteiger partial charge in [-0.15, -0.1) is 0 Å². The molecule has 0 saturated heterocycles. The van der Waals surface area contributed by atoms with Crippen LogP contribution in [0.2, 0.25) is 0 Å². The fourth-order valence-corrected chi connectivity index (χ4v) is 7.86. The van der Waals surface area contributed by atoms with Gasteiger partial charge in [0.2, 0.25) is 0 Å². The van der Waals surface area contributed by atoms with Gasteiger partial charge in [0.05, 0.1) is 12.4 Å². The maximum Gasteiger partial charge on any atom is 0.264 e. The van der Waals surface area contributed by atoms with Crippen molar-refractivity contribution in [2.24, 2.45) is 34.5 Å². The number of hydrogen-bond donors (Lipinski definition) is 0. The normalized spacial score (nSPS) is 45.1. The lowest BCUT2D eigenvalue weighted by molar-refractivity contribution is -0.139. The Balaban J connectivity index is 1.79. The Morgan fingerprint density at radius 2 is 1.89 bits per heavy atom. The first-order chi connectivity index (χ1) is 13.0. The molecule has 3 saturated carbocycles. The molecular formula is C22H30O5S. The van der Waals surface area contributed by atoms with Crippen LogP contribution >= 0.6 is 0 Å². The molecule has 0 aromatic carbocycles. The summed E-state index contributed by atoms with van der Waals surface area (Å²) in [4.78, 5) is 24.4. The SMILES string of the molecule is CC(=O)[C@H]1CC[C@H]2[C@@H]3CCC4=CC(=O)C=C[C@]4(C)[C@H]3C[C@H](OS(C)(=O)=O)[C@]12C. The molecule has 0 aromatic rings. The van der Waals surface area contributed by atoms with Gasteiger partial charge in [-0.2, -0.15) is 8.42 Å². The molecule has 3 fully saturated rings. The lowest BCUT2D eigenvalue weighted by Crippen LogP contribution is -2.57. The predicted molar refractivity (Wildman–Crippen MR) is 106 cm³/mol. The molecule has 0 spiro atoms. The topological polar surface area (TPSA) is 77.5 Å². The molecule has 7 atom stereocenters. The standard InChI is InChI=1S/C22H30O5S/c1-13(23)17-7-8-18-16-6-5-14-11-15(24)9-10-21(14,2)19(16)12-20(22(17,18)3)27-28(4,25)26/h9-11,16-20H,5-8,12H2,1-4H3/t16-,17+,18-,19-,20-,21-,22+/m0/s1. The van der Waals surface area contributed by atoms with Crippen LogP contribution in [0, 0.1) is 34.5 Å². The molecule has 5 nitrogen and oxygen atoms in total. The molecular weight excluding hydrogens is 376 g/mol. The van der Waals surface area contributed by atoms with Crippen molar-refractivity contribution in [1.82, 2.24) is 0 Å². The highest BCUT2D eigenvalue weighted by Gasteiger charge is 2.64. The van der Waals surface area contributed by atoms with Crippen molar-refractivity contribution < 1.29 is 22.2 Å². The van der Waals surface area contributed by atoms with E-state index in [0.29, 0.717) is 12.3 Å². The molecule has 28 heavy (non-hydrogen) atoms. The lowest BCUT2D eigenvalue weighted by atomic mass is 9.47. The number of fused-ring (bicyclic) bond motifs is 5. The van der Waals surface area contributed by atoms with Crippen molar-refractivity contribution in [2.75, 3.05) is 6.26 Å². The van der Waals surface area contributed by atoms with E-state index < -0.39 is 21.6 Å². The fraction of sp³-hybridized carbons (Fsp3) is 0.727. The molecule has 4 aliphatic rings. The van der Waals surface area contributed by atoms with E-state index in [1.54, 1.807) is 19.1 Å². The zero-order valence-electron chi connectivity index (χ0n) is 17.1. The van der Waals surface area contributed by atoms with Gasteiger partial charge < -0.3 is 0 Å². The number of Topliss-reactive ketones (excluding diaryl/α,β-unsaturated/α-hetero) is 1. The third-order valence-electron chi connectivity index (χ3n) is 8.41. The van der Waals surface area contributed by atoms with Crippen molar-refractivity contribution in [2.45, 2.75) is 59.0 Å². The van der Waals surface area contributed by atoms with Gasteiger partial charge in [-0.3, -0.25) is 13.8 Å². The summed E-state index contributed by atoms with van der Waals surface area (Å²) in [7, 11) is -3.64. The second-order valence-corrected chi connectivity index (χ2v) is 11.3. The fourth-order valence-electron chi connectivity index (χ4n) is 7.16. The highest BCUT2D eigenvalue weighted by atomic mass is 32.2. The summed E-state index contributed by atoms with van der Waals surface area (Å²) >= 11 is 0. The van der Waals surface area contributed by atoms with Gasteiger partial charge in [-0.25, -0.2) is 0 Å². The van der Waals surface area contributed by atoms with Crippen molar-refractivity contribution in [3.05, 3.63) is 23.8 Å². The molecule has 0 aliphatic heterocycles. The second-order valence-electron chi connectivity index (χ2n) is 9.73. The van der Waals surface area contributed by atoms with Crippen LogP contribution in [0.5, 0.6) is 0 Å². The third-order valence-corrected chi connectivity index (χ3v) is 8.99. The van der Waals surface area contributed by atoms with Gasteiger partial charge in [-0.1, -0.05) is 25.5 Å². The summed E-state index contributed by atoms with van der Waals surface area (Å²) in [5.74, 6) is 0.903. The van der Waals surface area contributed by atoms with Crippen LogP contribution in [-0.2, 0) is 23.9 Å². The summed E-state index contributed by atoms with van der Waals surface area (Å²) in [5.41, 5.74) is 0.456. The minimum absolute atomic E-state index is 0.0352. The van der Waals surface area contributed by atoms with E-state index in [1.165, 1.54) is 0 Å². The number of allylic oxidation sites excluding steroid dienone is 4. The molecule has 154 valence electrons. The van der Waals surface area contributed by atoms with Crippen LogP contribution in [0.4, 0.5) is 0 Å². The van der Waals surface area contributed by atoms with Crippen molar-refractivity contribution in [3.63, 3.8) is 0 Å². The first-order valence-electron chi connectivity index (χ1n) is 10.3. The van der Waals surface area contributed by atoms with Crippen LogP contribution < -0.4 is 0 Å². The average molecular weight is 407 g/mol. The average Bonchev–Trinajstić information content (AvgIpc) is 2.94. The minimum atomic E-state index is -3.64. The van der Waals surface area contributed by atoms with E-state index in [1.807, 2.05) is 6.08 Å². The molecule has 0 unspecified atom stereocenters. The molecule has 0 amide bonds. The number of carbonyl (C=O) groups is 2. The molecule has 4 aliphatic carbocycles. The van der Waals surface area contributed by atoms with Gasteiger partial charge in [0, 0.05) is 16.7 Å². The van der Waals surface area contributed by atoms with Gasteiger partial charge in [0.1, 0.15) is 5.78 Å². The molecule has 0 radical (unpaired) electrons. The Hall–Kier alpha value is -1.27. The number of hydrogen-bond acceptors (Lipinski definition) is 5. The van der Waals surface area contributed by atoms with Gasteiger partial charge >= 0.3 is 0 Å². The quantitative estimate of drug-likeness (QED) is 0.671. The summed E-state index contributed by atoms with van der Waals surface area (Å²) in [6.45, 7) is 5.88. The molecule has 0 bridgehead atoms. The lowest BCUT2D eigenvalue weighted by Gasteiger charge is -2.59. The monoisotopic (exact) mass is 406 g/mol. The van der Waals surface area contributed by atoms with Gasteiger partial charge in [-0.05, 0) is 68.9 Å². The maximum absolute atomic E-state index is 12.4. The van der Waals surface area contributed by atoms with Crippen LogP contribution in [0.1, 0.15) is 52.9 Å². The summed E-state index contributed by atoms with van der Waals surface area (Å²) in [6, 6.07) is 0. The van der Waals surface area contributed by atoms with Crippen molar-refractivity contribution >= 4 is 21.7 Å². The smallest absolute Gasteiger partial charge is 0.264 e. The van der Waals surface area contributed by atoms with E-state index in [9.17, 15) is 18.0 Å². The predicted octanol–water partition coefficient (Wildman–Crippen LogP) is 3.45. The molecule has 0 heterocycles. The van der Waals surface area contributed by atoms with Crippen LogP contribution in [0.25, 0.3) is 0 Å². The maximum atomic E-state index is 12.4. The van der Waals surface area contributed by atoms with Crippen LogP contribution in [-0.4, -0.2) is 32.3 Å². The number of carbonyl (C=O) groups excluding carboxylic acids is 2. The zero-order chi connectivity index (χ0) is 20.5. The zero-order valence-corrected chi connectivity index (χ0v) is 17.9. The molecule has 0 aromatic heterocycles. The first-order valence-corrected chi connectivity index (χ1v) is 12.1. The largest absolute Gasteiger partial charge is 0.300 e. The van der Waals surface area contributed by atoms with Gasteiger partial charge in [0.15, 0.2) is 5.78 Å². The third kappa shape index (κ3) is 2.86. The molecule has 6 heteroatoms. The summed E-state index contributed by atoms with van der Waals surface area (Å²) in [5, 5.41) is 0. The van der Waals surface area contributed by atoms with Gasteiger partial charge in [0.25, 0.3) is 10.1 Å². The highest BCUT2D eigenvalue weighted by molar-refractivity contribution is 7.86. The Bertz CT molecular complexity index is 885. The van der Waals surface area contributed by atoms with Crippen LogP contribution in [0.3, 0.4) is 0 Å². The van der Waals surface area contributed by atoms with Crippen molar-refractivity contribution in [1.29, 1.82) is 0 Å². The van der Waals surface area contributed by atoms with E-state index in [4.69, 9.17) is 4.18 Å². The van der Waals surface area contributed by atoms with E-state index in [-0.39, 0.29) is 34.7 Å². The Kier molecular flexibility index (Phi) is 4.55. The van der Waals surface area contributed by atoms with Crippen LogP contribution in [0.15, 0.2) is 23.8 Å².